The van der Waals surface area contributed by atoms with Crippen LogP contribution in [-0.4, -0.2) is 42.3 Å². The standard InChI is InChI=1S/C21H26N4O2/c1-15-18(8-5-6-16-13-27-19-9-4-3-7-17(16)19)25(11-10-23-15)21-20(26-2)12-22-14-24-21/h3-4,7,9,12-15,18,23H,5-6,8,10-11H2,1-2H3. The number of anilines is 1. The van der Waals surface area contributed by atoms with E-state index in [2.05, 4.69) is 39.2 Å². The molecule has 27 heavy (non-hydrogen) atoms. The third kappa shape index (κ3) is 3.62. The number of fused-ring (bicyclic) bond motifs is 1. The Balaban J connectivity index is 1.48. The Labute approximate surface area is 159 Å². The molecule has 3 heterocycles. The van der Waals surface area contributed by atoms with Crippen molar-refractivity contribution < 1.29 is 9.15 Å². The Hall–Kier alpha value is -2.60. The van der Waals surface area contributed by atoms with Gasteiger partial charge in [0, 0.05) is 30.6 Å². The minimum Gasteiger partial charge on any atom is -0.491 e. The van der Waals surface area contributed by atoms with Gasteiger partial charge in [0.2, 0.25) is 0 Å². The lowest BCUT2D eigenvalue weighted by atomic mass is 9.97. The topological polar surface area (TPSA) is 63.4 Å². The molecule has 1 aromatic carbocycles. The van der Waals surface area contributed by atoms with Crippen molar-refractivity contribution in [1.82, 2.24) is 15.3 Å². The maximum absolute atomic E-state index is 5.68. The molecule has 3 aromatic rings. The number of furan rings is 1. The van der Waals surface area contributed by atoms with Crippen LogP contribution in [0.3, 0.4) is 0 Å². The number of ether oxygens (including phenoxy) is 1. The van der Waals surface area contributed by atoms with Crippen molar-refractivity contribution in [2.45, 2.75) is 38.3 Å². The van der Waals surface area contributed by atoms with E-state index in [-0.39, 0.29) is 0 Å². The normalized spacial score (nSPS) is 20.1. The lowest BCUT2D eigenvalue weighted by Gasteiger charge is -2.41. The number of aryl methyl sites for hydroxylation is 1. The Morgan fingerprint density at radius 2 is 2.22 bits per heavy atom. The molecule has 4 rings (SSSR count). The highest BCUT2D eigenvalue weighted by molar-refractivity contribution is 5.80. The fourth-order valence-corrected chi connectivity index (χ4v) is 4.05. The number of aromatic nitrogens is 2. The average molecular weight is 366 g/mol. The maximum Gasteiger partial charge on any atom is 0.179 e. The molecule has 2 aromatic heterocycles. The summed E-state index contributed by atoms with van der Waals surface area (Å²) in [5, 5.41) is 4.82. The van der Waals surface area contributed by atoms with E-state index in [1.807, 2.05) is 18.4 Å². The fraction of sp³-hybridized carbons (Fsp3) is 0.429. The van der Waals surface area contributed by atoms with E-state index in [9.17, 15) is 0 Å². The molecule has 1 fully saturated rings. The van der Waals surface area contributed by atoms with Crippen LogP contribution in [0.15, 0.2) is 47.5 Å². The molecular formula is C21H26N4O2. The summed E-state index contributed by atoms with van der Waals surface area (Å²) in [6.45, 7) is 4.10. The number of rotatable bonds is 6. The van der Waals surface area contributed by atoms with Gasteiger partial charge in [-0.05, 0) is 37.8 Å². The number of para-hydroxylation sites is 1. The van der Waals surface area contributed by atoms with Crippen LogP contribution in [0.5, 0.6) is 5.75 Å². The summed E-state index contributed by atoms with van der Waals surface area (Å²) in [4.78, 5) is 11.0. The van der Waals surface area contributed by atoms with Crippen molar-refractivity contribution in [3.05, 3.63) is 48.6 Å². The molecule has 1 saturated heterocycles. The minimum atomic E-state index is 0.362. The monoisotopic (exact) mass is 366 g/mol. The Morgan fingerprint density at radius 3 is 3.11 bits per heavy atom. The summed E-state index contributed by atoms with van der Waals surface area (Å²) in [6.07, 6.45) is 8.40. The van der Waals surface area contributed by atoms with E-state index in [0.717, 1.165) is 49.5 Å². The van der Waals surface area contributed by atoms with Crippen molar-refractivity contribution in [3.8, 4) is 5.75 Å². The molecule has 0 bridgehead atoms. The predicted molar refractivity (Wildman–Crippen MR) is 106 cm³/mol. The number of piperazine rings is 1. The van der Waals surface area contributed by atoms with Crippen LogP contribution >= 0.6 is 0 Å². The first kappa shape index (κ1) is 17.8. The van der Waals surface area contributed by atoms with Crippen LogP contribution in [-0.2, 0) is 6.42 Å². The van der Waals surface area contributed by atoms with Gasteiger partial charge in [0.1, 0.15) is 11.9 Å². The summed E-state index contributed by atoms with van der Waals surface area (Å²) in [6, 6.07) is 8.99. The van der Waals surface area contributed by atoms with E-state index < -0.39 is 0 Å². The zero-order chi connectivity index (χ0) is 18.6. The van der Waals surface area contributed by atoms with Gasteiger partial charge in [0.05, 0.1) is 19.6 Å². The van der Waals surface area contributed by atoms with Crippen molar-refractivity contribution >= 4 is 16.8 Å². The highest BCUT2D eigenvalue weighted by atomic mass is 16.5. The summed E-state index contributed by atoms with van der Waals surface area (Å²) in [5.41, 5.74) is 2.25. The number of methoxy groups -OCH3 is 1. The molecule has 1 aliphatic rings. The number of nitrogens with one attached hydrogen (secondary N) is 1. The highest BCUT2D eigenvalue weighted by Crippen LogP contribution is 2.30. The first-order valence-corrected chi connectivity index (χ1v) is 9.57. The second kappa shape index (κ2) is 7.96. The molecule has 1 aliphatic heterocycles. The fourth-order valence-electron chi connectivity index (χ4n) is 4.05. The summed E-state index contributed by atoms with van der Waals surface area (Å²) in [5.74, 6) is 1.62. The first-order valence-electron chi connectivity index (χ1n) is 9.57. The third-order valence-electron chi connectivity index (χ3n) is 5.45. The minimum absolute atomic E-state index is 0.362. The average Bonchev–Trinajstić information content (AvgIpc) is 3.12. The van der Waals surface area contributed by atoms with Gasteiger partial charge < -0.3 is 19.4 Å². The molecule has 2 atom stereocenters. The number of hydrogen-bond acceptors (Lipinski definition) is 6. The van der Waals surface area contributed by atoms with E-state index >= 15 is 0 Å². The quantitative estimate of drug-likeness (QED) is 0.721. The maximum atomic E-state index is 5.68. The molecule has 0 radical (unpaired) electrons. The largest absolute Gasteiger partial charge is 0.491 e. The van der Waals surface area contributed by atoms with Gasteiger partial charge in [-0.15, -0.1) is 0 Å². The SMILES string of the molecule is COc1cncnc1N1CCNC(C)C1CCCc1coc2ccccc12. The Bertz CT molecular complexity index is 895. The number of benzene rings is 1. The van der Waals surface area contributed by atoms with Gasteiger partial charge >= 0.3 is 0 Å². The van der Waals surface area contributed by atoms with E-state index in [1.165, 1.54) is 10.9 Å². The van der Waals surface area contributed by atoms with Crippen LogP contribution < -0.4 is 15.0 Å². The van der Waals surface area contributed by atoms with Crippen molar-refractivity contribution in [2.75, 3.05) is 25.1 Å². The lowest BCUT2D eigenvalue weighted by molar-refractivity contribution is 0.352. The van der Waals surface area contributed by atoms with Crippen LogP contribution in [0.4, 0.5) is 5.82 Å². The Morgan fingerprint density at radius 1 is 1.33 bits per heavy atom. The third-order valence-corrected chi connectivity index (χ3v) is 5.45. The van der Waals surface area contributed by atoms with Gasteiger partial charge in [-0.25, -0.2) is 9.97 Å². The highest BCUT2D eigenvalue weighted by Gasteiger charge is 2.30. The molecule has 0 aliphatic carbocycles. The molecule has 0 spiro atoms. The van der Waals surface area contributed by atoms with E-state index in [4.69, 9.17) is 9.15 Å². The van der Waals surface area contributed by atoms with Gasteiger partial charge in [0.25, 0.3) is 0 Å². The Kier molecular flexibility index (Phi) is 5.25. The lowest BCUT2D eigenvalue weighted by Crippen LogP contribution is -2.57. The molecule has 142 valence electrons. The van der Waals surface area contributed by atoms with E-state index in [1.54, 1.807) is 19.6 Å². The zero-order valence-electron chi connectivity index (χ0n) is 15.9. The van der Waals surface area contributed by atoms with Crippen LogP contribution in [0.2, 0.25) is 0 Å². The number of nitrogens with zero attached hydrogens (tertiary/aromatic N) is 3. The number of hydrogen-bond donors (Lipinski definition) is 1. The molecule has 6 heteroatoms. The van der Waals surface area contributed by atoms with Crippen molar-refractivity contribution in [2.24, 2.45) is 0 Å². The predicted octanol–water partition coefficient (Wildman–Crippen LogP) is 3.42. The summed E-state index contributed by atoms with van der Waals surface area (Å²) < 4.78 is 11.2. The first-order chi connectivity index (χ1) is 13.3. The van der Waals surface area contributed by atoms with E-state index in [0.29, 0.717) is 12.1 Å². The molecule has 1 N–H and O–H groups in total. The zero-order valence-corrected chi connectivity index (χ0v) is 15.9. The molecular weight excluding hydrogens is 340 g/mol. The molecule has 6 nitrogen and oxygen atoms in total. The van der Waals surface area contributed by atoms with Gasteiger partial charge in [-0.1, -0.05) is 18.2 Å². The van der Waals surface area contributed by atoms with Crippen LogP contribution in [0.1, 0.15) is 25.3 Å². The van der Waals surface area contributed by atoms with Crippen molar-refractivity contribution in [3.63, 3.8) is 0 Å². The summed E-state index contributed by atoms with van der Waals surface area (Å²) >= 11 is 0. The molecule has 0 amide bonds. The second-order valence-corrected chi connectivity index (χ2v) is 7.07. The summed E-state index contributed by atoms with van der Waals surface area (Å²) in [7, 11) is 1.67. The second-order valence-electron chi connectivity index (χ2n) is 7.07. The molecule has 2 unspecified atom stereocenters. The van der Waals surface area contributed by atoms with Gasteiger partial charge in [-0.2, -0.15) is 0 Å². The molecule has 0 saturated carbocycles. The van der Waals surface area contributed by atoms with Gasteiger partial charge in [-0.3, -0.25) is 0 Å². The van der Waals surface area contributed by atoms with Crippen molar-refractivity contribution in [1.29, 1.82) is 0 Å². The van der Waals surface area contributed by atoms with Crippen LogP contribution in [0.25, 0.3) is 11.0 Å². The van der Waals surface area contributed by atoms with Gasteiger partial charge in [0.15, 0.2) is 11.6 Å². The van der Waals surface area contributed by atoms with Crippen LogP contribution in [0, 0.1) is 0 Å². The smallest absolute Gasteiger partial charge is 0.179 e.